The Morgan fingerprint density at radius 2 is 1.64 bits per heavy atom. The highest BCUT2D eigenvalue weighted by Gasteiger charge is 2.18. The second kappa shape index (κ2) is 3.27. The molecule has 2 aromatic carbocycles. The number of hydrogen-bond donors (Lipinski definition) is 1. The fraction of sp³-hybridized carbons (Fsp3) is 0. The Morgan fingerprint density at radius 1 is 1.00 bits per heavy atom. The van der Waals surface area contributed by atoms with Crippen molar-refractivity contribution in [3.63, 3.8) is 0 Å². The Labute approximate surface area is 84.6 Å². The van der Waals surface area contributed by atoms with Crippen molar-refractivity contribution in [3.05, 3.63) is 55.8 Å². The molecule has 1 N–H and O–H groups in total. The molecule has 14 heavy (non-hydrogen) atoms. The van der Waals surface area contributed by atoms with Gasteiger partial charge in [0, 0.05) is 5.69 Å². The number of rotatable bonds is 2. The van der Waals surface area contributed by atoms with Crippen molar-refractivity contribution >= 4 is 23.0 Å². The van der Waals surface area contributed by atoms with Crippen LogP contribution in [0.1, 0.15) is 0 Å². The van der Waals surface area contributed by atoms with E-state index in [1.165, 1.54) is 0 Å². The van der Waals surface area contributed by atoms with Crippen LogP contribution < -0.4 is 16.2 Å². The van der Waals surface area contributed by atoms with Crippen LogP contribution in [0, 0.1) is 0 Å². The van der Waals surface area contributed by atoms with Crippen LogP contribution in [0.5, 0.6) is 0 Å². The summed E-state index contributed by atoms with van der Waals surface area (Å²) < 4.78 is 0. The topological polar surface area (TPSA) is 46.2 Å². The van der Waals surface area contributed by atoms with Crippen molar-refractivity contribution in [3.8, 4) is 0 Å². The average molecular weight is 208 g/mol. The molecule has 0 aromatic heterocycles. The Hall–Kier alpha value is -1.61. The molecule has 0 aliphatic rings. The van der Waals surface area contributed by atoms with E-state index in [0.717, 1.165) is 5.69 Å². The van der Waals surface area contributed by atoms with Crippen LogP contribution in [0.15, 0.2) is 39.9 Å². The van der Waals surface area contributed by atoms with E-state index in [4.69, 9.17) is 11.6 Å². The summed E-state index contributed by atoms with van der Waals surface area (Å²) in [4.78, 5) is 21.8. The second-order valence-electron chi connectivity index (χ2n) is 2.84. The van der Waals surface area contributed by atoms with E-state index in [1.807, 2.05) is 18.2 Å². The predicted molar refractivity (Wildman–Crippen MR) is 56.1 cm³/mol. The lowest BCUT2D eigenvalue weighted by Gasteiger charge is -2.07. The Bertz CT molecular complexity index is 526. The summed E-state index contributed by atoms with van der Waals surface area (Å²) in [6.45, 7) is 0. The van der Waals surface area contributed by atoms with Gasteiger partial charge in [-0.2, -0.15) is 0 Å². The minimum Gasteiger partial charge on any atom is -0.351 e. The van der Waals surface area contributed by atoms with E-state index in [2.05, 4.69) is 5.32 Å². The molecule has 0 unspecified atom stereocenters. The van der Waals surface area contributed by atoms with Crippen LogP contribution in [-0.4, -0.2) is 0 Å². The zero-order valence-corrected chi connectivity index (χ0v) is 7.84. The number of anilines is 2. The quantitative estimate of drug-likeness (QED) is 0.763. The summed E-state index contributed by atoms with van der Waals surface area (Å²) in [5.41, 5.74) is -0.256. The zero-order valence-electron chi connectivity index (χ0n) is 7.08. The minimum atomic E-state index is -0.620. The number of nitrogens with one attached hydrogen (secondary N) is 1. The molecular formula is C10H6ClNO2. The van der Waals surface area contributed by atoms with Crippen LogP contribution in [0.25, 0.3) is 0 Å². The highest BCUT2D eigenvalue weighted by atomic mass is 35.5. The van der Waals surface area contributed by atoms with Crippen LogP contribution in [0.4, 0.5) is 11.4 Å². The van der Waals surface area contributed by atoms with Gasteiger partial charge in [-0.1, -0.05) is 29.8 Å². The molecule has 70 valence electrons. The molecule has 0 saturated carbocycles. The number of halogens is 1. The van der Waals surface area contributed by atoms with Gasteiger partial charge in [0.2, 0.25) is 5.43 Å². The molecule has 0 amide bonds. The van der Waals surface area contributed by atoms with E-state index < -0.39 is 10.9 Å². The van der Waals surface area contributed by atoms with Gasteiger partial charge in [0.1, 0.15) is 10.7 Å². The third kappa shape index (κ3) is 1.32. The highest BCUT2D eigenvalue weighted by molar-refractivity contribution is 6.34. The van der Waals surface area contributed by atoms with Gasteiger partial charge in [-0.05, 0) is 12.1 Å². The van der Waals surface area contributed by atoms with E-state index in [9.17, 15) is 9.59 Å². The van der Waals surface area contributed by atoms with Crippen molar-refractivity contribution in [1.29, 1.82) is 0 Å². The molecule has 0 radical (unpaired) electrons. The largest absolute Gasteiger partial charge is 0.351 e. The predicted octanol–water partition coefficient (Wildman–Crippen LogP) is 1.68. The maximum Gasteiger partial charge on any atom is 0.252 e. The van der Waals surface area contributed by atoms with Gasteiger partial charge < -0.3 is 5.32 Å². The first-order valence-corrected chi connectivity index (χ1v) is 4.39. The summed E-state index contributed by atoms with van der Waals surface area (Å²) in [6.07, 6.45) is 0. The molecule has 2 aromatic rings. The summed E-state index contributed by atoms with van der Waals surface area (Å²) in [7, 11) is 0. The van der Waals surface area contributed by atoms with E-state index in [0.29, 0.717) is 0 Å². The maximum absolute atomic E-state index is 11.0. The molecule has 0 atom stereocenters. The van der Waals surface area contributed by atoms with Gasteiger partial charge in [-0.3, -0.25) is 9.59 Å². The third-order valence-electron chi connectivity index (χ3n) is 1.90. The summed E-state index contributed by atoms with van der Waals surface area (Å²) >= 11 is 5.56. The van der Waals surface area contributed by atoms with Crippen molar-refractivity contribution in [2.45, 2.75) is 0 Å². The van der Waals surface area contributed by atoms with E-state index >= 15 is 0 Å². The van der Waals surface area contributed by atoms with Crippen molar-refractivity contribution in [2.24, 2.45) is 0 Å². The second-order valence-corrected chi connectivity index (χ2v) is 3.22. The molecule has 0 bridgehead atoms. The average Bonchev–Trinajstić information content (AvgIpc) is 2.26. The van der Waals surface area contributed by atoms with Gasteiger partial charge in [0.05, 0.1) is 0 Å². The number of hydrogen-bond acceptors (Lipinski definition) is 3. The van der Waals surface area contributed by atoms with Gasteiger partial charge in [-0.25, -0.2) is 0 Å². The molecule has 0 spiro atoms. The first-order chi connectivity index (χ1) is 6.70. The Kier molecular flexibility index (Phi) is 2.09. The van der Waals surface area contributed by atoms with Gasteiger partial charge >= 0.3 is 0 Å². The van der Waals surface area contributed by atoms with Gasteiger partial charge in [0.25, 0.3) is 5.43 Å². The SMILES string of the molecule is O=c1c(Cl)c(Nc2ccccc2)c1=O. The van der Waals surface area contributed by atoms with E-state index in [-0.39, 0.29) is 10.7 Å². The van der Waals surface area contributed by atoms with Crippen molar-refractivity contribution < 1.29 is 0 Å². The smallest absolute Gasteiger partial charge is 0.252 e. The number of benzene rings is 1. The molecule has 0 heterocycles. The maximum atomic E-state index is 11.0. The van der Waals surface area contributed by atoms with Crippen molar-refractivity contribution in [1.82, 2.24) is 0 Å². The van der Waals surface area contributed by atoms with Crippen LogP contribution in [0.2, 0.25) is 5.02 Å². The normalized spacial score (nSPS) is 10.4. The molecular weight excluding hydrogens is 202 g/mol. The molecule has 0 aliphatic carbocycles. The molecule has 0 fully saturated rings. The standard InChI is InChI=1S/C10H6ClNO2/c11-7-8(10(14)9(7)13)12-6-4-2-1-3-5-6/h1-5,12H. The molecule has 0 aliphatic heterocycles. The monoisotopic (exact) mass is 207 g/mol. The summed E-state index contributed by atoms with van der Waals surface area (Å²) in [5, 5.41) is 2.77. The Morgan fingerprint density at radius 3 is 2.21 bits per heavy atom. The minimum absolute atomic E-state index is 0.0150. The zero-order chi connectivity index (χ0) is 10.1. The lowest BCUT2D eigenvalue weighted by molar-refractivity contribution is 1.38. The van der Waals surface area contributed by atoms with E-state index in [1.54, 1.807) is 12.1 Å². The summed E-state index contributed by atoms with van der Waals surface area (Å²) in [5.74, 6) is 0. The first-order valence-electron chi connectivity index (χ1n) is 4.01. The lowest BCUT2D eigenvalue weighted by Crippen LogP contribution is -2.33. The number of para-hydroxylation sites is 1. The van der Waals surface area contributed by atoms with Crippen LogP contribution in [0.3, 0.4) is 0 Å². The lowest BCUT2D eigenvalue weighted by atomic mass is 10.2. The molecule has 4 heteroatoms. The highest BCUT2D eigenvalue weighted by Crippen LogP contribution is 2.19. The van der Waals surface area contributed by atoms with Crippen LogP contribution >= 0.6 is 11.6 Å². The van der Waals surface area contributed by atoms with Crippen LogP contribution in [-0.2, 0) is 0 Å². The molecule has 0 saturated heterocycles. The first kappa shape index (κ1) is 8.97. The third-order valence-corrected chi connectivity index (χ3v) is 2.26. The van der Waals surface area contributed by atoms with Gasteiger partial charge in [0.15, 0.2) is 0 Å². The van der Waals surface area contributed by atoms with Crippen molar-refractivity contribution in [2.75, 3.05) is 5.32 Å². The summed E-state index contributed by atoms with van der Waals surface area (Å²) in [6, 6.07) is 9.07. The fourth-order valence-corrected chi connectivity index (χ4v) is 1.36. The Balaban J connectivity index is 2.30. The van der Waals surface area contributed by atoms with Gasteiger partial charge in [-0.15, -0.1) is 0 Å². The fourth-order valence-electron chi connectivity index (χ4n) is 1.14. The molecule has 2 rings (SSSR count). The molecule has 3 nitrogen and oxygen atoms in total.